The summed E-state index contributed by atoms with van der Waals surface area (Å²) in [6.07, 6.45) is 4.00. The first kappa shape index (κ1) is 15.2. The average molecular weight is 404 g/mol. The number of aromatic nitrogens is 1. The van der Waals surface area contributed by atoms with E-state index >= 15 is 0 Å². The predicted molar refractivity (Wildman–Crippen MR) is 88.7 cm³/mol. The van der Waals surface area contributed by atoms with Crippen LogP contribution in [0.4, 0.5) is 0 Å². The fraction of sp³-hybridized carbons (Fsp3) is 0.357. The van der Waals surface area contributed by atoms with Crippen LogP contribution in [0.3, 0.4) is 0 Å². The normalized spacial score (nSPS) is 12.6. The van der Waals surface area contributed by atoms with Gasteiger partial charge in [0.2, 0.25) is 0 Å². The monoisotopic (exact) mass is 402 g/mol. The van der Waals surface area contributed by atoms with Crippen molar-refractivity contribution < 1.29 is 0 Å². The van der Waals surface area contributed by atoms with E-state index in [1.807, 2.05) is 17.5 Å². The van der Waals surface area contributed by atoms with Gasteiger partial charge in [-0.25, -0.2) is 0 Å². The highest BCUT2D eigenvalue weighted by molar-refractivity contribution is 9.11. The van der Waals surface area contributed by atoms with Crippen LogP contribution < -0.4 is 5.32 Å². The molecule has 0 spiro atoms. The van der Waals surface area contributed by atoms with E-state index in [0.717, 1.165) is 34.0 Å². The summed E-state index contributed by atoms with van der Waals surface area (Å²) in [5, 5.41) is 5.65. The highest BCUT2D eigenvalue weighted by atomic mass is 79.9. The Kier molecular flexibility index (Phi) is 6.01. The molecular formula is C14H16Br2N2S. The summed E-state index contributed by atoms with van der Waals surface area (Å²) >= 11 is 8.87. The van der Waals surface area contributed by atoms with Crippen molar-refractivity contribution in [1.82, 2.24) is 10.3 Å². The second-order valence-electron chi connectivity index (χ2n) is 4.25. The van der Waals surface area contributed by atoms with Gasteiger partial charge in [0, 0.05) is 20.0 Å². The van der Waals surface area contributed by atoms with E-state index in [9.17, 15) is 0 Å². The molecule has 5 heteroatoms. The molecule has 0 fully saturated rings. The molecule has 1 unspecified atom stereocenters. The van der Waals surface area contributed by atoms with Gasteiger partial charge in [-0.2, -0.15) is 0 Å². The van der Waals surface area contributed by atoms with Crippen LogP contribution in [0, 0.1) is 0 Å². The molecule has 102 valence electrons. The summed E-state index contributed by atoms with van der Waals surface area (Å²) in [6, 6.07) is 6.64. The topological polar surface area (TPSA) is 24.9 Å². The Hall–Kier alpha value is -0.230. The number of rotatable bonds is 6. The Morgan fingerprint density at radius 3 is 2.89 bits per heavy atom. The smallest absolute Gasteiger partial charge is 0.0715 e. The molecule has 2 rings (SSSR count). The Bertz CT molecular complexity index is 514. The number of pyridine rings is 1. The molecule has 1 N–H and O–H groups in total. The lowest BCUT2D eigenvalue weighted by Gasteiger charge is -2.18. The molecule has 0 aliphatic rings. The maximum absolute atomic E-state index is 4.54. The molecule has 0 aromatic carbocycles. The second kappa shape index (κ2) is 7.53. The lowest BCUT2D eigenvalue weighted by atomic mass is 10.1. The molecule has 2 heterocycles. The minimum absolute atomic E-state index is 0.287. The zero-order chi connectivity index (χ0) is 13.7. The zero-order valence-corrected chi connectivity index (χ0v) is 14.7. The summed E-state index contributed by atoms with van der Waals surface area (Å²) in [5.74, 6) is 0. The number of nitrogens with zero attached hydrogens (tertiary/aromatic N) is 1. The molecule has 0 amide bonds. The molecular weight excluding hydrogens is 388 g/mol. The number of halogens is 2. The molecule has 0 radical (unpaired) electrons. The quantitative estimate of drug-likeness (QED) is 0.737. The molecule has 0 saturated carbocycles. The summed E-state index contributed by atoms with van der Waals surface area (Å²) in [6.45, 7) is 3.07. The second-order valence-corrected chi connectivity index (χ2v) is 7.05. The van der Waals surface area contributed by atoms with E-state index in [0.29, 0.717) is 0 Å². The van der Waals surface area contributed by atoms with Gasteiger partial charge in [-0.3, -0.25) is 4.98 Å². The zero-order valence-electron chi connectivity index (χ0n) is 10.7. The molecule has 0 aliphatic carbocycles. The minimum Gasteiger partial charge on any atom is -0.309 e. The molecule has 0 aliphatic heterocycles. The largest absolute Gasteiger partial charge is 0.309 e. The highest BCUT2D eigenvalue weighted by Gasteiger charge is 2.15. The van der Waals surface area contributed by atoms with Gasteiger partial charge in [0.15, 0.2) is 0 Å². The predicted octanol–water partition coefficient (Wildman–Crippen LogP) is 4.95. The number of thiophene rings is 1. The molecule has 0 saturated heterocycles. The first-order valence-electron chi connectivity index (χ1n) is 6.27. The van der Waals surface area contributed by atoms with Crippen LogP contribution in [0.2, 0.25) is 0 Å². The summed E-state index contributed by atoms with van der Waals surface area (Å²) in [4.78, 5) is 5.97. The van der Waals surface area contributed by atoms with Crippen LogP contribution in [0.1, 0.15) is 30.0 Å². The van der Waals surface area contributed by atoms with Crippen LogP contribution in [0.5, 0.6) is 0 Å². The molecule has 1 atom stereocenters. The number of hydrogen-bond acceptors (Lipinski definition) is 3. The van der Waals surface area contributed by atoms with E-state index in [4.69, 9.17) is 0 Å². The fourth-order valence-corrected chi connectivity index (χ4v) is 3.99. The highest BCUT2D eigenvalue weighted by Crippen LogP contribution is 2.27. The molecule has 0 bridgehead atoms. The molecule has 2 aromatic heterocycles. The summed E-state index contributed by atoms with van der Waals surface area (Å²) < 4.78 is 2.05. The van der Waals surface area contributed by atoms with Gasteiger partial charge in [0.1, 0.15) is 0 Å². The van der Waals surface area contributed by atoms with Crippen LogP contribution in [0.25, 0.3) is 0 Å². The van der Waals surface area contributed by atoms with Gasteiger partial charge in [-0.1, -0.05) is 13.0 Å². The van der Waals surface area contributed by atoms with E-state index in [2.05, 4.69) is 72.7 Å². The van der Waals surface area contributed by atoms with Crippen LogP contribution in [-0.4, -0.2) is 11.5 Å². The lowest BCUT2D eigenvalue weighted by Crippen LogP contribution is -2.22. The third-order valence-electron chi connectivity index (χ3n) is 2.88. The third-order valence-corrected chi connectivity index (χ3v) is 4.88. The van der Waals surface area contributed by atoms with Crippen molar-refractivity contribution in [3.63, 3.8) is 0 Å². The van der Waals surface area contributed by atoms with Crippen molar-refractivity contribution in [2.75, 3.05) is 6.54 Å². The van der Waals surface area contributed by atoms with E-state index < -0.39 is 0 Å². The van der Waals surface area contributed by atoms with Gasteiger partial charge in [-0.05, 0) is 68.8 Å². The van der Waals surface area contributed by atoms with Gasteiger partial charge in [0.05, 0.1) is 11.7 Å². The fourth-order valence-electron chi connectivity index (χ4n) is 2.00. The van der Waals surface area contributed by atoms with Crippen molar-refractivity contribution in [1.29, 1.82) is 0 Å². The Labute approximate surface area is 134 Å². The van der Waals surface area contributed by atoms with Crippen molar-refractivity contribution in [2.24, 2.45) is 0 Å². The van der Waals surface area contributed by atoms with Crippen molar-refractivity contribution in [3.8, 4) is 0 Å². The summed E-state index contributed by atoms with van der Waals surface area (Å²) in [5.41, 5.74) is 1.08. The van der Waals surface area contributed by atoms with Crippen LogP contribution >= 0.6 is 43.2 Å². The van der Waals surface area contributed by atoms with Gasteiger partial charge in [0.25, 0.3) is 0 Å². The van der Waals surface area contributed by atoms with E-state index in [1.165, 1.54) is 4.88 Å². The SMILES string of the molecule is CCNC(CCc1cccs1)c1ncc(Br)cc1Br. The lowest BCUT2D eigenvalue weighted by molar-refractivity contribution is 0.503. The van der Waals surface area contributed by atoms with Crippen molar-refractivity contribution in [2.45, 2.75) is 25.8 Å². The van der Waals surface area contributed by atoms with E-state index in [-0.39, 0.29) is 6.04 Å². The standard InChI is InChI=1S/C14H16Br2N2S/c1-2-17-13(6-5-11-4-3-7-19-11)14-12(16)8-10(15)9-18-14/h3-4,7-9,13,17H,2,5-6H2,1H3. The molecule has 19 heavy (non-hydrogen) atoms. The van der Waals surface area contributed by atoms with Gasteiger partial charge < -0.3 is 5.32 Å². The number of aryl methyl sites for hydroxylation is 1. The Balaban J connectivity index is 2.10. The summed E-state index contributed by atoms with van der Waals surface area (Å²) in [7, 11) is 0. The average Bonchev–Trinajstić information content (AvgIpc) is 2.88. The first-order chi connectivity index (χ1) is 9.20. The maximum atomic E-state index is 4.54. The number of hydrogen-bond donors (Lipinski definition) is 1. The van der Waals surface area contributed by atoms with Gasteiger partial charge in [-0.15, -0.1) is 11.3 Å². The Morgan fingerprint density at radius 1 is 1.42 bits per heavy atom. The Morgan fingerprint density at radius 2 is 2.26 bits per heavy atom. The van der Waals surface area contributed by atoms with Crippen LogP contribution in [0.15, 0.2) is 38.7 Å². The van der Waals surface area contributed by atoms with Crippen LogP contribution in [-0.2, 0) is 6.42 Å². The van der Waals surface area contributed by atoms with Crippen molar-refractivity contribution >= 4 is 43.2 Å². The van der Waals surface area contributed by atoms with E-state index in [1.54, 1.807) is 0 Å². The molecule has 2 aromatic rings. The number of nitrogens with one attached hydrogen (secondary N) is 1. The first-order valence-corrected chi connectivity index (χ1v) is 8.74. The van der Waals surface area contributed by atoms with Crippen molar-refractivity contribution in [3.05, 3.63) is 49.3 Å². The molecule has 2 nitrogen and oxygen atoms in total. The van der Waals surface area contributed by atoms with Gasteiger partial charge >= 0.3 is 0 Å². The maximum Gasteiger partial charge on any atom is 0.0715 e. The minimum atomic E-state index is 0.287. The third kappa shape index (κ3) is 4.38.